The molecule has 0 amide bonds. The summed E-state index contributed by atoms with van der Waals surface area (Å²) in [5, 5.41) is 0. The first-order valence-corrected chi connectivity index (χ1v) is 6.02. The third-order valence-electron chi connectivity index (χ3n) is 2.71. The maximum absolute atomic E-state index is 5.23. The van der Waals surface area contributed by atoms with E-state index in [1.54, 1.807) is 7.11 Å². The van der Waals surface area contributed by atoms with Crippen molar-refractivity contribution in [2.24, 2.45) is 4.99 Å². The van der Waals surface area contributed by atoms with Crippen LogP contribution in [0.4, 0.5) is 0 Å². The molecule has 0 saturated heterocycles. The molecule has 0 fully saturated rings. The van der Waals surface area contributed by atoms with E-state index in [4.69, 9.17) is 4.74 Å². The zero-order valence-electron chi connectivity index (χ0n) is 10.5. The van der Waals surface area contributed by atoms with Gasteiger partial charge < -0.3 is 4.74 Å². The summed E-state index contributed by atoms with van der Waals surface area (Å²) in [7, 11) is 1.70. The maximum atomic E-state index is 5.23. The largest absolute Gasteiger partial charge is 0.382 e. The molecule has 1 atom stereocenters. The minimum absolute atomic E-state index is 0.0522. The van der Waals surface area contributed by atoms with Crippen LogP contribution in [-0.4, -0.2) is 19.9 Å². The van der Waals surface area contributed by atoms with Crippen LogP contribution in [0, 0.1) is 0 Å². The van der Waals surface area contributed by atoms with Gasteiger partial charge in [-0.3, -0.25) is 4.99 Å². The van der Waals surface area contributed by atoms with Gasteiger partial charge in [-0.2, -0.15) is 0 Å². The normalized spacial score (nSPS) is 12.7. The lowest BCUT2D eigenvalue weighted by Crippen LogP contribution is -2.04. The second-order valence-corrected chi connectivity index (χ2v) is 4.07. The highest BCUT2D eigenvalue weighted by atomic mass is 16.5. The molecule has 0 radical (unpaired) electrons. The molecule has 0 saturated carbocycles. The Morgan fingerprint density at radius 1 is 1.00 bits per heavy atom. The number of benzene rings is 2. The van der Waals surface area contributed by atoms with Gasteiger partial charge in [-0.1, -0.05) is 60.7 Å². The van der Waals surface area contributed by atoms with Crippen molar-refractivity contribution in [3.05, 3.63) is 71.8 Å². The summed E-state index contributed by atoms with van der Waals surface area (Å²) >= 11 is 0. The van der Waals surface area contributed by atoms with Crippen LogP contribution in [-0.2, 0) is 4.74 Å². The zero-order valence-corrected chi connectivity index (χ0v) is 10.5. The van der Waals surface area contributed by atoms with Gasteiger partial charge in [0.05, 0.1) is 12.6 Å². The van der Waals surface area contributed by atoms with Gasteiger partial charge >= 0.3 is 0 Å². The van der Waals surface area contributed by atoms with Gasteiger partial charge in [-0.25, -0.2) is 0 Å². The van der Waals surface area contributed by atoms with Crippen LogP contribution in [0.1, 0.15) is 17.2 Å². The molecule has 0 heterocycles. The Hall–Kier alpha value is -1.93. The highest BCUT2D eigenvalue weighted by molar-refractivity contribution is 5.79. The highest BCUT2D eigenvalue weighted by Gasteiger charge is 2.07. The predicted molar refractivity (Wildman–Crippen MR) is 75.1 cm³/mol. The summed E-state index contributed by atoms with van der Waals surface area (Å²) in [5.41, 5.74) is 2.28. The van der Waals surface area contributed by atoms with Gasteiger partial charge in [0.1, 0.15) is 0 Å². The number of ether oxygens (including phenoxy) is 1. The van der Waals surface area contributed by atoms with Crippen molar-refractivity contribution in [1.29, 1.82) is 0 Å². The van der Waals surface area contributed by atoms with Gasteiger partial charge in [0.25, 0.3) is 0 Å². The lowest BCUT2D eigenvalue weighted by molar-refractivity contribution is 0.182. The van der Waals surface area contributed by atoms with Gasteiger partial charge in [-0.15, -0.1) is 0 Å². The topological polar surface area (TPSA) is 21.6 Å². The van der Waals surface area contributed by atoms with E-state index in [-0.39, 0.29) is 6.04 Å². The average Bonchev–Trinajstić information content (AvgIpc) is 2.45. The number of nitrogens with zero attached hydrogens (tertiary/aromatic N) is 1. The molecule has 0 N–H and O–H groups in total. The van der Waals surface area contributed by atoms with Crippen molar-refractivity contribution in [3.63, 3.8) is 0 Å². The van der Waals surface area contributed by atoms with Crippen molar-refractivity contribution in [2.75, 3.05) is 13.7 Å². The molecule has 0 aliphatic carbocycles. The van der Waals surface area contributed by atoms with Crippen molar-refractivity contribution < 1.29 is 4.74 Å². The quantitative estimate of drug-likeness (QED) is 0.732. The average molecular weight is 239 g/mol. The molecule has 2 rings (SSSR count). The first-order valence-electron chi connectivity index (χ1n) is 6.02. The first-order chi connectivity index (χ1) is 8.90. The number of aliphatic imine (C=N–C) groups is 1. The van der Waals surface area contributed by atoms with Crippen molar-refractivity contribution in [2.45, 2.75) is 6.04 Å². The Morgan fingerprint density at radius 2 is 1.61 bits per heavy atom. The van der Waals surface area contributed by atoms with Crippen LogP contribution in [0.25, 0.3) is 0 Å². The first kappa shape index (κ1) is 12.5. The minimum atomic E-state index is 0.0522. The molecule has 2 aromatic carbocycles. The molecular weight excluding hydrogens is 222 g/mol. The molecule has 0 bridgehead atoms. The van der Waals surface area contributed by atoms with Gasteiger partial charge in [-0.05, 0) is 11.1 Å². The van der Waals surface area contributed by atoms with E-state index in [0.29, 0.717) is 6.61 Å². The van der Waals surface area contributed by atoms with E-state index < -0.39 is 0 Å². The smallest absolute Gasteiger partial charge is 0.0982 e. The SMILES string of the molecule is COC[C@@H](N=Cc1ccccc1)c1ccccc1. The fourth-order valence-corrected chi connectivity index (χ4v) is 1.77. The van der Waals surface area contributed by atoms with Gasteiger partial charge in [0.2, 0.25) is 0 Å². The Labute approximate surface area is 108 Å². The Bertz CT molecular complexity index is 479. The Balaban J connectivity index is 2.14. The van der Waals surface area contributed by atoms with Crippen LogP contribution in [0.5, 0.6) is 0 Å². The number of methoxy groups -OCH3 is 1. The summed E-state index contributed by atoms with van der Waals surface area (Å²) in [4.78, 5) is 4.60. The number of hydrogen-bond donors (Lipinski definition) is 0. The summed E-state index contributed by atoms with van der Waals surface area (Å²) in [6.07, 6.45) is 1.90. The van der Waals surface area contributed by atoms with E-state index in [9.17, 15) is 0 Å². The molecule has 0 unspecified atom stereocenters. The molecule has 2 aromatic rings. The lowest BCUT2D eigenvalue weighted by Gasteiger charge is -2.11. The molecule has 0 aliphatic heterocycles. The van der Waals surface area contributed by atoms with Crippen molar-refractivity contribution in [1.82, 2.24) is 0 Å². The third kappa shape index (κ3) is 3.54. The standard InChI is InChI=1S/C16H17NO/c1-18-13-16(15-10-6-3-7-11-15)17-12-14-8-4-2-5-9-14/h2-12,16H,13H2,1H3/t16-/m1/s1. The van der Waals surface area contributed by atoms with Crippen LogP contribution >= 0.6 is 0 Å². The van der Waals surface area contributed by atoms with Gasteiger partial charge in [0.15, 0.2) is 0 Å². The van der Waals surface area contributed by atoms with E-state index in [2.05, 4.69) is 17.1 Å². The summed E-state index contributed by atoms with van der Waals surface area (Å²) < 4.78 is 5.23. The van der Waals surface area contributed by atoms with E-state index in [0.717, 1.165) is 5.56 Å². The second-order valence-electron chi connectivity index (χ2n) is 4.07. The minimum Gasteiger partial charge on any atom is -0.382 e. The van der Waals surface area contributed by atoms with E-state index >= 15 is 0 Å². The van der Waals surface area contributed by atoms with Gasteiger partial charge in [0, 0.05) is 13.3 Å². The monoisotopic (exact) mass is 239 g/mol. The Morgan fingerprint density at radius 3 is 2.22 bits per heavy atom. The molecule has 2 heteroatoms. The fourth-order valence-electron chi connectivity index (χ4n) is 1.77. The predicted octanol–water partition coefficient (Wildman–Crippen LogP) is 3.49. The third-order valence-corrected chi connectivity index (χ3v) is 2.71. The molecule has 0 aromatic heterocycles. The van der Waals surface area contributed by atoms with Crippen molar-refractivity contribution >= 4 is 6.21 Å². The van der Waals surface area contributed by atoms with Crippen LogP contribution in [0.2, 0.25) is 0 Å². The molecule has 0 aliphatic rings. The molecule has 92 valence electrons. The van der Waals surface area contributed by atoms with Crippen LogP contribution in [0.3, 0.4) is 0 Å². The van der Waals surface area contributed by atoms with Crippen LogP contribution < -0.4 is 0 Å². The summed E-state index contributed by atoms with van der Waals surface area (Å²) in [5.74, 6) is 0. The maximum Gasteiger partial charge on any atom is 0.0982 e. The summed E-state index contributed by atoms with van der Waals surface area (Å²) in [6.45, 7) is 0.591. The number of rotatable bonds is 5. The zero-order chi connectivity index (χ0) is 12.6. The highest BCUT2D eigenvalue weighted by Crippen LogP contribution is 2.17. The van der Waals surface area contributed by atoms with E-state index in [1.165, 1.54) is 5.56 Å². The molecule has 18 heavy (non-hydrogen) atoms. The summed E-state index contributed by atoms with van der Waals surface area (Å²) in [6, 6.07) is 20.4. The lowest BCUT2D eigenvalue weighted by atomic mass is 10.1. The molecular formula is C16H17NO. The molecule has 2 nitrogen and oxygen atoms in total. The van der Waals surface area contributed by atoms with E-state index in [1.807, 2.05) is 54.7 Å². The fraction of sp³-hybridized carbons (Fsp3) is 0.188. The van der Waals surface area contributed by atoms with Crippen molar-refractivity contribution in [3.8, 4) is 0 Å². The second kappa shape index (κ2) is 6.72. The number of hydrogen-bond acceptors (Lipinski definition) is 2. The Kier molecular flexibility index (Phi) is 4.68. The van der Waals surface area contributed by atoms with Crippen LogP contribution in [0.15, 0.2) is 65.7 Å². The molecule has 0 spiro atoms.